The molecule has 0 radical (unpaired) electrons. The number of nitrogens with zero attached hydrogens (tertiary/aromatic N) is 1. The van der Waals surface area contributed by atoms with Gasteiger partial charge in [0.15, 0.2) is 0 Å². The van der Waals surface area contributed by atoms with Gasteiger partial charge >= 0.3 is 0 Å². The number of rotatable bonds is 7. The molecule has 1 fully saturated rings. The van der Waals surface area contributed by atoms with E-state index in [2.05, 4.69) is 10.6 Å². The molecular formula is C17H24ClN3O5S. The van der Waals surface area contributed by atoms with Gasteiger partial charge in [0.05, 0.1) is 23.5 Å². The minimum Gasteiger partial charge on any atom is -0.392 e. The fourth-order valence-corrected chi connectivity index (χ4v) is 4.42. The van der Waals surface area contributed by atoms with E-state index in [1.54, 1.807) is 0 Å². The predicted molar refractivity (Wildman–Crippen MR) is 101 cm³/mol. The molecule has 1 aromatic carbocycles. The van der Waals surface area contributed by atoms with Crippen LogP contribution in [0.15, 0.2) is 29.2 Å². The van der Waals surface area contributed by atoms with E-state index in [4.69, 9.17) is 16.7 Å². The molecule has 0 unspecified atom stereocenters. The van der Waals surface area contributed by atoms with Gasteiger partial charge in [-0.15, -0.1) is 0 Å². The number of hydrogen-bond donors (Lipinski definition) is 3. The number of aliphatic hydroxyl groups excluding tert-OH is 1. The highest BCUT2D eigenvalue weighted by atomic mass is 35.5. The maximum Gasteiger partial charge on any atom is 0.243 e. The van der Waals surface area contributed by atoms with Crippen molar-refractivity contribution >= 4 is 33.4 Å². The Balaban J connectivity index is 1.93. The summed E-state index contributed by atoms with van der Waals surface area (Å²) in [6.45, 7) is 1.82. The summed E-state index contributed by atoms with van der Waals surface area (Å²) in [5, 5.41) is 14.6. The van der Waals surface area contributed by atoms with Gasteiger partial charge in [0.2, 0.25) is 21.8 Å². The maximum atomic E-state index is 12.7. The molecule has 10 heteroatoms. The summed E-state index contributed by atoms with van der Waals surface area (Å²) in [6, 6.07) is 5.89. The molecule has 3 N–H and O–H groups in total. The molecule has 1 aliphatic heterocycles. The summed E-state index contributed by atoms with van der Waals surface area (Å²) in [4.78, 5) is 24.1. The summed E-state index contributed by atoms with van der Waals surface area (Å²) in [5.74, 6) is -1.30. The molecule has 0 bridgehead atoms. The van der Waals surface area contributed by atoms with Gasteiger partial charge in [-0.3, -0.25) is 9.59 Å². The highest BCUT2D eigenvalue weighted by molar-refractivity contribution is 7.89. The third-order valence-corrected chi connectivity index (χ3v) is 6.36. The van der Waals surface area contributed by atoms with Crippen LogP contribution in [-0.2, 0) is 19.6 Å². The second-order valence-corrected chi connectivity index (χ2v) is 8.90. The SMILES string of the molecule is C[C@H](O)CNC(=O)CNC(=O)[C@@H]1CCCN(S(=O)(=O)c2ccc(Cl)cc2)C1. The fourth-order valence-electron chi connectivity index (χ4n) is 2.77. The van der Waals surface area contributed by atoms with Crippen LogP contribution in [0.3, 0.4) is 0 Å². The number of aliphatic hydroxyl groups is 1. The first kappa shape index (κ1) is 21.6. The summed E-state index contributed by atoms with van der Waals surface area (Å²) >= 11 is 5.80. The van der Waals surface area contributed by atoms with Crippen LogP contribution in [0.4, 0.5) is 0 Å². The Kier molecular flexibility index (Phi) is 7.60. The molecule has 1 saturated heterocycles. The van der Waals surface area contributed by atoms with Crippen LogP contribution in [0.5, 0.6) is 0 Å². The summed E-state index contributed by atoms with van der Waals surface area (Å²) in [7, 11) is -3.71. The van der Waals surface area contributed by atoms with Gasteiger partial charge in [0, 0.05) is 24.7 Å². The number of hydrogen-bond acceptors (Lipinski definition) is 5. The van der Waals surface area contributed by atoms with Crippen LogP contribution >= 0.6 is 11.6 Å². The van der Waals surface area contributed by atoms with E-state index in [1.165, 1.54) is 35.5 Å². The Morgan fingerprint density at radius 3 is 2.59 bits per heavy atom. The van der Waals surface area contributed by atoms with E-state index in [9.17, 15) is 18.0 Å². The van der Waals surface area contributed by atoms with Crippen LogP contribution in [0.2, 0.25) is 5.02 Å². The van der Waals surface area contributed by atoms with Crippen molar-refractivity contribution in [3.05, 3.63) is 29.3 Å². The van der Waals surface area contributed by atoms with Crippen LogP contribution in [0.25, 0.3) is 0 Å². The van der Waals surface area contributed by atoms with Crippen molar-refractivity contribution in [2.24, 2.45) is 5.92 Å². The zero-order valence-electron chi connectivity index (χ0n) is 15.0. The highest BCUT2D eigenvalue weighted by Gasteiger charge is 2.33. The van der Waals surface area contributed by atoms with Crippen molar-refractivity contribution in [2.45, 2.75) is 30.8 Å². The van der Waals surface area contributed by atoms with Crippen molar-refractivity contribution in [2.75, 3.05) is 26.2 Å². The zero-order chi connectivity index (χ0) is 20.0. The molecule has 2 atom stereocenters. The van der Waals surface area contributed by atoms with E-state index < -0.39 is 28.0 Å². The number of carbonyl (C=O) groups is 2. The Morgan fingerprint density at radius 2 is 1.96 bits per heavy atom. The van der Waals surface area contributed by atoms with Gasteiger partial charge in [-0.05, 0) is 44.0 Å². The van der Waals surface area contributed by atoms with Crippen LogP contribution < -0.4 is 10.6 Å². The standard InChI is InChI=1S/C17H24ClN3O5S/c1-12(22)9-19-16(23)10-20-17(24)13-3-2-8-21(11-13)27(25,26)15-6-4-14(18)5-7-15/h4-7,12-13,22H,2-3,8-11H2,1H3,(H,19,23)(H,20,24)/t12-,13+/m0/s1. The van der Waals surface area contributed by atoms with Crippen LogP contribution in [0, 0.1) is 5.92 Å². The van der Waals surface area contributed by atoms with E-state index in [1.807, 2.05) is 0 Å². The van der Waals surface area contributed by atoms with Crippen LogP contribution in [-0.4, -0.2) is 61.9 Å². The lowest BCUT2D eigenvalue weighted by Gasteiger charge is -2.31. The lowest BCUT2D eigenvalue weighted by atomic mass is 9.99. The normalized spacial score (nSPS) is 19.3. The molecule has 0 aliphatic carbocycles. The van der Waals surface area contributed by atoms with Crippen LogP contribution in [0.1, 0.15) is 19.8 Å². The van der Waals surface area contributed by atoms with Crippen molar-refractivity contribution in [3.8, 4) is 0 Å². The second kappa shape index (κ2) is 9.50. The lowest BCUT2D eigenvalue weighted by molar-refractivity contribution is -0.129. The third kappa shape index (κ3) is 6.17. The van der Waals surface area contributed by atoms with E-state index in [0.717, 1.165) is 0 Å². The van der Waals surface area contributed by atoms with E-state index >= 15 is 0 Å². The third-order valence-electron chi connectivity index (χ3n) is 4.22. The summed E-state index contributed by atoms with van der Waals surface area (Å²) < 4.78 is 26.8. The lowest BCUT2D eigenvalue weighted by Crippen LogP contribution is -2.47. The zero-order valence-corrected chi connectivity index (χ0v) is 16.6. The summed E-state index contributed by atoms with van der Waals surface area (Å²) in [5.41, 5.74) is 0. The quantitative estimate of drug-likeness (QED) is 0.592. The molecule has 1 aliphatic rings. The Bertz CT molecular complexity index is 767. The Morgan fingerprint density at radius 1 is 1.30 bits per heavy atom. The average Bonchev–Trinajstić information content (AvgIpc) is 2.64. The first-order chi connectivity index (χ1) is 12.7. The number of amides is 2. The maximum absolute atomic E-state index is 12.7. The van der Waals surface area contributed by atoms with Gasteiger partial charge in [0.1, 0.15) is 0 Å². The molecule has 27 heavy (non-hydrogen) atoms. The minimum absolute atomic E-state index is 0.0616. The van der Waals surface area contributed by atoms with Gasteiger partial charge in [-0.1, -0.05) is 11.6 Å². The van der Waals surface area contributed by atoms with Crippen molar-refractivity contribution in [1.29, 1.82) is 0 Å². The van der Waals surface area contributed by atoms with Crippen molar-refractivity contribution in [1.82, 2.24) is 14.9 Å². The number of halogens is 1. The molecule has 1 heterocycles. The molecule has 8 nitrogen and oxygen atoms in total. The van der Waals surface area contributed by atoms with Gasteiger partial charge in [0.25, 0.3) is 0 Å². The average molecular weight is 418 g/mol. The Hall–Kier alpha value is -1.68. The van der Waals surface area contributed by atoms with Gasteiger partial charge in [-0.25, -0.2) is 8.42 Å². The molecule has 1 aromatic rings. The van der Waals surface area contributed by atoms with Crippen molar-refractivity contribution in [3.63, 3.8) is 0 Å². The molecule has 0 saturated carbocycles. The topological polar surface area (TPSA) is 116 Å². The van der Waals surface area contributed by atoms with Gasteiger partial charge < -0.3 is 15.7 Å². The fraction of sp³-hybridized carbons (Fsp3) is 0.529. The smallest absolute Gasteiger partial charge is 0.243 e. The Labute approximate surface area is 163 Å². The molecule has 0 aromatic heterocycles. The van der Waals surface area contributed by atoms with E-state index in [-0.39, 0.29) is 30.4 Å². The number of piperidine rings is 1. The summed E-state index contributed by atoms with van der Waals surface area (Å²) in [6.07, 6.45) is 0.432. The minimum atomic E-state index is -3.71. The van der Waals surface area contributed by atoms with Crippen molar-refractivity contribution < 1.29 is 23.1 Å². The number of sulfonamides is 1. The highest BCUT2D eigenvalue weighted by Crippen LogP contribution is 2.24. The van der Waals surface area contributed by atoms with E-state index in [0.29, 0.717) is 24.4 Å². The largest absolute Gasteiger partial charge is 0.392 e. The molecule has 150 valence electrons. The molecular weight excluding hydrogens is 394 g/mol. The predicted octanol–water partition coefficient (Wildman–Crippen LogP) is 0.354. The monoisotopic (exact) mass is 417 g/mol. The number of nitrogens with one attached hydrogen (secondary N) is 2. The first-order valence-electron chi connectivity index (χ1n) is 8.68. The molecule has 2 rings (SSSR count). The molecule has 0 spiro atoms. The number of carbonyl (C=O) groups excluding carboxylic acids is 2. The second-order valence-electron chi connectivity index (χ2n) is 6.53. The number of benzene rings is 1. The first-order valence-corrected chi connectivity index (χ1v) is 10.5. The van der Waals surface area contributed by atoms with Gasteiger partial charge in [-0.2, -0.15) is 4.31 Å². The molecule has 2 amide bonds.